The van der Waals surface area contributed by atoms with E-state index in [4.69, 9.17) is 5.73 Å². The number of nitrogens with two attached hydrogens (primary N) is 1. The number of hydrogen-bond acceptors (Lipinski definition) is 5. The third kappa shape index (κ3) is 3.66. The fourth-order valence-electron chi connectivity index (χ4n) is 2.34. The van der Waals surface area contributed by atoms with Gasteiger partial charge in [0.15, 0.2) is 0 Å². The lowest BCUT2D eigenvalue weighted by Crippen LogP contribution is -2.52. The van der Waals surface area contributed by atoms with E-state index in [1.165, 1.54) is 11.4 Å². The third-order valence-corrected chi connectivity index (χ3v) is 5.34. The molecule has 0 spiro atoms. The Morgan fingerprint density at radius 2 is 2.17 bits per heavy atom. The van der Waals surface area contributed by atoms with Crippen LogP contribution in [0.4, 0.5) is 0 Å². The molecule has 0 amide bonds. The van der Waals surface area contributed by atoms with Crippen molar-refractivity contribution in [3.8, 4) is 0 Å². The van der Waals surface area contributed by atoms with Crippen LogP contribution in [0.1, 0.15) is 26.2 Å². The average Bonchev–Trinajstić information content (AvgIpc) is 2.35. The van der Waals surface area contributed by atoms with Gasteiger partial charge in [-0.2, -0.15) is 4.31 Å². The number of rotatable bonds is 5. The molecular formula is C11H22N2O4S. The topological polar surface area (TPSA) is 89.7 Å². The first-order valence-electron chi connectivity index (χ1n) is 6.18. The van der Waals surface area contributed by atoms with E-state index in [2.05, 4.69) is 4.74 Å². The Bertz CT molecular complexity index is 383. The van der Waals surface area contributed by atoms with Crippen molar-refractivity contribution in [2.75, 3.05) is 26.0 Å². The number of methoxy groups -OCH3 is 1. The van der Waals surface area contributed by atoms with Gasteiger partial charge in [0.05, 0.1) is 19.3 Å². The van der Waals surface area contributed by atoms with Crippen LogP contribution in [0, 0.1) is 5.92 Å². The average molecular weight is 278 g/mol. The first-order valence-corrected chi connectivity index (χ1v) is 7.79. The van der Waals surface area contributed by atoms with E-state index in [0.717, 1.165) is 12.8 Å². The number of sulfonamides is 1. The summed E-state index contributed by atoms with van der Waals surface area (Å²) in [5, 5.41) is 0. The molecule has 2 atom stereocenters. The fourth-order valence-corrected chi connectivity index (χ4v) is 4.11. The summed E-state index contributed by atoms with van der Waals surface area (Å²) in [6.45, 7) is 2.83. The molecule has 2 unspecified atom stereocenters. The zero-order valence-corrected chi connectivity index (χ0v) is 11.8. The van der Waals surface area contributed by atoms with Gasteiger partial charge in [0.2, 0.25) is 10.0 Å². The van der Waals surface area contributed by atoms with Crippen LogP contribution in [-0.4, -0.2) is 50.7 Å². The highest BCUT2D eigenvalue weighted by Crippen LogP contribution is 2.25. The lowest BCUT2D eigenvalue weighted by molar-refractivity contribution is -0.140. The largest absolute Gasteiger partial charge is 0.469 e. The van der Waals surface area contributed by atoms with Crippen molar-refractivity contribution < 1.29 is 17.9 Å². The van der Waals surface area contributed by atoms with Gasteiger partial charge in [-0.3, -0.25) is 4.79 Å². The molecule has 1 heterocycles. The van der Waals surface area contributed by atoms with E-state index in [1.807, 2.05) is 6.92 Å². The summed E-state index contributed by atoms with van der Waals surface area (Å²) in [4.78, 5) is 11.0. The summed E-state index contributed by atoms with van der Waals surface area (Å²) in [7, 11) is -2.18. The normalized spacial score (nSPS) is 25.9. The van der Waals surface area contributed by atoms with Crippen molar-refractivity contribution in [3.05, 3.63) is 0 Å². The zero-order chi connectivity index (χ0) is 13.8. The molecule has 1 rings (SSSR count). The lowest BCUT2D eigenvalue weighted by Gasteiger charge is -2.38. The molecule has 106 valence electrons. The minimum absolute atomic E-state index is 0.110. The van der Waals surface area contributed by atoms with E-state index < -0.39 is 16.0 Å². The standard InChI is InChI=1S/C11H22N2O4S/c1-9-4-3-6-13(10(9)8-12)18(15,16)7-5-11(14)17-2/h9-10H,3-8,12H2,1-2H3. The molecule has 0 aromatic carbocycles. The number of carbonyl (C=O) groups is 1. The Balaban J connectivity index is 2.73. The van der Waals surface area contributed by atoms with E-state index in [-0.39, 0.29) is 24.1 Å². The molecule has 2 N–H and O–H groups in total. The molecule has 6 nitrogen and oxygen atoms in total. The zero-order valence-electron chi connectivity index (χ0n) is 11.0. The highest BCUT2D eigenvalue weighted by atomic mass is 32.2. The van der Waals surface area contributed by atoms with Gasteiger partial charge in [-0.15, -0.1) is 0 Å². The van der Waals surface area contributed by atoms with Gasteiger partial charge in [-0.25, -0.2) is 8.42 Å². The molecule has 0 radical (unpaired) electrons. The van der Waals surface area contributed by atoms with Gasteiger partial charge in [0.25, 0.3) is 0 Å². The molecule has 1 aliphatic heterocycles. The fraction of sp³-hybridized carbons (Fsp3) is 0.909. The smallest absolute Gasteiger partial charge is 0.306 e. The van der Waals surface area contributed by atoms with Gasteiger partial charge >= 0.3 is 5.97 Å². The number of esters is 1. The summed E-state index contributed by atoms with van der Waals surface area (Å²) in [5.74, 6) is -0.451. The van der Waals surface area contributed by atoms with Gasteiger partial charge < -0.3 is 10.5 Å². The molecule has 18 heavy (non-hydrogen) atoms. The van der Waals surface area contributed by atoms with Crippen molar-refractivity contribution in [2.45, 2.75) is 32.2 Å². The molecular weight excluding hydrogens is 256 g/mol. The van der Waals surface area contributed by atoms with E-state index in [0.29, 0.717) is 13.1 Å². The van der Waals surface area contributed by atoms with Crippen molar-refractivity contribution in [1.82, 2.24) is 4.31 Å². The summed E-state index contributed by atoms with van der Waals surface area (Å²) in [5.41, 5.74) is 5.67. The maximum atomic E-state index is 12.2. The Morgan fingerprint density at radius 1 is 1.50 bits per heavy atom. The van der Waals surface area contributed by atoms with Gasteiger partial charge in [0, 0.05) is 19.1 Å². The number of piperidine rings is 1. The quantitative estimate of drug-likeness (QED) is 0.711. The predicted molar refractivity (Wildman–Crippen MR) is 68.4 cm³/mol. The molecule has 0 saturated carbocycles. The number of hydrogen-bond donors (Lipinski definition) is 1. The van der Waals surface area contributed by atoms with Gasteiger partial charge in [0.1, 0.15) is 0 Å². The maximum Gasteiger partial charge on any atom is 0.306 e. The Hall–Kier alpha value is -0.660. The number of carbonyl (C=O) groups excluding carboxylic acids is 1. The molecule has 0 aliphatic carbocycles. The molecule has 0 aromatic heterocycles. The third-order valence-electron chi connectivity index (χ3n) is 3.46. The van der Waals surface area contributed by atoms with Crippen LogP contribution in [0.3, 0.4) is 0 Å². The second kappa shape index (κ2) is 6.49. The minimum Gasteiger partial charge on any atom is -0.469 e. The Labute approximate surface area is 109 Å². The lowest BCUT2D eigenvalue weighted by atomic mass is 9.93. The summed E-state index contributed by atoms with van der Waals surface area (Å²) in [6, 6.07) is -0.151. The minimum atomic E-state index is -3.43. The van der Waals surface area contributed by atoms with Crippen LogP contribution < -0.4 is 5.73 Å². The second-order valence-corrected chi connectivity index (χ2v) is 6.72. The molecule has 0 aromatic rings. The first-order chi connectivity index (χ1) is 8.42. The van der Waals surface area contributed by atoms with Gasteiger partial charge in [-0.05, 0) is 18.8 Å². The monoisotopic (exact) mass is 278 g/mol. The van der Waals surface area contributed by atoms with Gasteiger partial charge in [-0.1, -0.05) is 6.92 Å². The van der Waals surface area contributed by atoms with Crippen molar-refractivity contribution in [1.29, 1.82) is 0 Å². The Morgan fingerprint density at radius 3 is 2.72 bits per heavy atom. The molecule has 1 saturated heterocycles. The molecule has 7 heteroatoms. The predicted octanol–water partition coefficient (Wildman–Crippen LogP) is -0.0615. The maximum absolute atomic E-state index is 12.2. The van der Waals surface area contributed by atoms with E-state index >= 15 is 0 Å². The number of ether oxygens (including phenoxy) is 1. The second-order valence-electron chi connectivity index (χ2n) is 4.68. The van der Waals surface area contributed by atoms with Crippen LogP contribution in [0.5, 0.6) is 0 Å². The highest BCUT2D eigenvalue weighted by Gasteiger charge is 2.35. The first kappa shape index (κ1) is 15.4. The van der Waals surface area contributed by atoms with Crippen LogP contribution in [0.25, 0.3) is 0 Å². The van der Waals surface area contributed by atoms with Crippen LogP contribution in [-0.2, 0) is 19.6 Å². The van der Waals surface area contributed by atoms with Crippen LogP contribution >= 0.6 is 0 Å². The summed E-state index contributed by atoms with van der Waals surface area (Å²) in [6.07, 6.45) is 1.72. The van der Waals surface area contributed by atoms with E-state index in [1.54, 1.807) is 0 Å². The number of nitrogens with zero attached hydrogens (tertiary/aromatic N) is 1. The van der Waals surface area contributed by atoms with Crippen molar-refractivity contribution >= 4 is 16.0 Å². The van der Waals surface area contributed by atoms with Crippen molar-refractivity contribution in [2.24, 2.45) is 11.7 Å². The van der Waals surface area contributed by atoms with E-state index in [9.17, 15) is 13.2 Å². The summed E-state index contributed by atoms with van der Waals surface area (Å²) < 4.78 is 30.3. The highest BCUT2D eigenvalue weighted by molar-refractivity contribution is 7.89. The SMILES string of the molecule is COC(=O)CCS(=O)(=O)N1CCCC(C)C1CN. The summed E-state index contributed by atoms with van der Waals surface area (Å²) >= 11 is 0. The molecule has 1 fully saturated rings. The van der Waals surface area contributed by atoms with Crippen LogP contribution in [0.15, 0.2) is 0 Å². The molecule has 1 aliphatic rings. The van der Waals surface area contributed by atoms with Crippen molar-refractivity contribution in [3.63, 3.8) is 0 Å². The molecule has 0 bridgehead atoms. The van der Waals surface area contributed by atoms with Crippen LogP contribution in [0.2, 0.25) is 0 Å². The Kier molecular flexibility index (Phi) is 5.55.